The van der Waals surface area contributed by atoms with Crippen LogP contribution in [-0.2, 0) is 0 Å². The molecule has 0 aliphatic carbocycles. The maximum absolute atomic E-state index is 12.2. The molecule has 0 aliphatic heterocycles. The van der Waals surface area contributed by atoms with Gasteiger partial charge in [0.25, 0.3) is 5.91 Å². The maximum Gasteiger partial charge on any atom is 0.254 e. The van der Waals surface area contributed by atoms with Crippen LogP contribution in [0.25, 0.3) is 0 Å². The SMILES string of the molecule is CCCN(CCBr)C(=O)c1ccccc1I. The molecule has 16 heavy (non-hydrogen) atoms. The highest BCUT2D eigenvalue weighted by Gasteiger charge is 2.16. The van der Waals surface area contributed by atoms with Crippen LogP contribution < -0.4 is 0 Å². The Balaban J connectivity index is 2.85. The molecule has 4 heteroatoms. The van der Waals surface area contributed by atoms with Gasteiger partial charge in [0.1, 0.15) is 0 Å². The van der Waals surface area contributed by atoms with Gasteiger partial charge in [0.2, 0.25) is 0 Å². The molecule has 88 valence electrons. The molecule has 0 bridgehead atoms. The Morgan fingerprint density at radius 2 is 2.06 bits per heavy atom. The van der Waals surface area contributed by atoms with E-state index in [4.69, 9.17) is 0 Å². The van der Waals surface area contributed by atoms with E-state index in [1.807, 2.05) is 29.2 Å². The lowest BCUT2D eigenvalue weighted by molar-refractivity contribution is 0.0765. The van der Waals surface area contributed by atoms with Crippen molar-refractivity contribution in [3.8, 4) is 0 Å². The Labute approximate surface area is 119 Å². The lowest BCUT2D eigenvalue weighted by Gasteiger charge is -2.21. The average molecular weight is 396 g/mol. The number of halogens is 2. The van der Waals surface area contributed by atoms with Crippen LogP contribution in [0.4, 0.5) is 0 Å². The summed E-state index contributed by atoms with van der Waals surface area (Å²) in [5.74, 6) is 0.131. The Morgan fingerprint density at radius 1 is 1.38 bits per heavy atom. The van der Waals surface area contributed by atoms with Gasteiger partial charge in [-0.3, -0.25) is 4.79 Å². The lowest BCUT2D eigenvalue weighted by atomic mass is 10.2. The minimum Gasteiger partial charge on any atom is -0.338 e. The fraction of sp³-hybridized carbons (Fsp3) is 0.417. The van der Waals surface area contributed by atoms with Crippen molar-refractivity contribution in [1.29, 1.82) is 0 Å². The van der Waals surface area contributed by atoms with E-state index in [2.05, 4.69) is 45.4 Å². The smallest absolute Gasteiger partial charge is 0.254 e. The van der Waals surface area contributed by atoms with Crippen molar-refractivity contribution in [3.05, 3.63) is 33.4 Å². The summed E-state index contributed by atoms with van der Waals surface area (Å²) in [6.45, 7) is 3.66. The van der Waals surface area contributed by atoms with Crippen molar-refractivity contribution in [2.75, 3.05) is 18.4 Å². The van der Waals surface area contributed by atoms with Gasteiger partial charge in [-0.1, -0.05) is 35.0 Å². The lowest BCUT2D eigenvalue weighted by Crippen LogP contribution is -2.33. The Hall–Kier alpha value is -0.100. The van der Waals surface area contributed by atoms with Gasteiger partial charge in [-0.15, -0.1) is 0 Å². The fourth-order valence-electron chi connectivity index (χ4n) is 1.49. The normalized spacial score (nSPS) is 10.2. The Bertz CT molecular complexity index is 351. The number of rotatable bonds is 5. The molecule has 0 atom stereocenters. The molecule has 0 saturated carbocycles. The van der Waals surface area contributed by atoms with Crippen molar-refractivity contribution in [1.82, 2.24) is 4.90 Å². The average Bonchev–Trinajstić information content (AvgIpc) is 2.28. The van der Waals surface area contributed by atoms with E-state index in [-0.39, 0.29) is 5.91 Å². The van der Waals surface area contributed by atoms with Crippen LogP contribution in [0.3, 0.4) is 0 Å². The summed E-state index contributed by atoms with van der Waals surface area (Å²) < 4.78 is 1.01. The molecule has 0 fully saturated rings. The molecule has 0 saturated heterocycles. The van der Waals surface area contributed by atoms with Crippen LogP contribution in [0.2, 0.25) is 0 Å². The van der Waals surface area contributed by atoms with Gasteiger partial charge < -0.3 is 4.90 Å². The number of carbonyl (C=O) groups is 1. The van der Waals surface area contributed by atoms with Crippen molar-refractivity contribution < 1.29 is 4.79 Å². The molecule has 1 aromatic rings. The highest BCUT2D eigenvalue weighted by Crippen LogP contribution is 2.14. The molecule has 1 amide bonds. The first-order valence-electron chi connectivity index (χ1n) is 5.30. The zero-order valence-corrected chi connectivity index (χ0v) is 13.0. The summed E-state index contributed by atoms with van der Waals surface area (Å²) in [6.07, 6.45) is 0.988. The van der Waals surface area contributed by atoms with Crippen molar-refractivity contribution in [2.45, 2.75) is 13.3 Å². The second kappa shape index (κ2) is 7.27. The predicted octanol–water partition coefficient (Wildman–Crippen LogP) is 3.54. The van der Waals surface area contributed by atoms with Gasteiger partial charge in [0.15, 0.2) is 0 Å². The number of hydrogen-bond donors (Lipinski definition) is 0. The summed E-state index contributed by atoms with van der Waals surface area (Å²) in [6, 6.07) is 7.72. The predicted molar refractivity (Wildman–Crippen MR) is 79.1 cm³/mol. The topological polar surface area (TPSA) is 20.3 Å². The van der Waals surface area contributed by atoms with Gasteiger partial charge in [0, 0.05) is 22.0 Å². The zero-order chi connectivity index (χ0) is 12.0. The van der Waals surface area contributed by atoms with E-state index < -0.39 is 0 Å². The fourth-order valence-corrected chi connectivity index (χ4v) is 2.54. The van der Waals surface area contributed by atoms with Crippen LogP contribution in [0.15, 0.2) is 24.3 Å². The van der Waals surface area contributed by atoms with Crippen LogP contribution in [0, 0.1) is 3.57 Å². The molecule has 0 unspecified atom stereocenters. The van der Waals surface area contributed by atoms with Crippen LogP contribution >= 0.6 is 38.5 Å². The minimum atomic E-state index is 0.131. The van der Waals surface area contributed by atoms with E-state index in [0.717, 1.165) is 34.0 Å². The van der Waals surface area contributed by atoms with Gasteiger partial charge in [-0.2, -0.15) is 0 Å². The Morgan fingerprint density at radius 3 is 2.62 bits per heavy atom. The third kappa shape index (κ3) is 3.73. The molecule has 0 aromatic heterocycles. The molecule has 0 aliphatic rings. The second-order valence-electron chi connectivity index (χ2n) is 3.46. The van der Waals surface area contributed by atoms with Crippen LogP contribution in [0.5, 0.6) is 0 Å². The van der Waals surface area contributed by atoms with Gasteiger partial charge >= 0.3 is 0 Å². The van der Waals surface area contributed by atoms with Crippen molar-refractivity contribution in [3.63, 3.8) is 0 Å². The first-order valence-corrected chi connectivity index (χ1v) is 7.50. The first-order chi connectivity index (χ1) is 7.70. The number of nitrogens with zero attached hydrogens (tertiary/aromatic N) is 1. The molecule has 0 heterocycles. The molecular formula is C12H15BrINO. The number of amides is 1. The van der Waals surface area contributed by atoms with E-state index >= 15 is 0 Å². The first kappa shape index (κ1) is 14.0. The largest absolute Gasteiger partial charge is 0.338 e. The highest BCUT2D eigenvalue weighted by atomic mass is 127. The third-order valence-electron chi connectivity index (χ3n) is 2.24. The summed E-state index contributed by atoms with van der Waals surface area (Å²) in [4.78, 5) is 14.1. The highest BCUT2D eigenvalue weighted by molar-refractivity contribution is 14.1. The van der Waals surface area contributed by atoms with E-state index in [0.29, 0.717) is 0 Å². The zero-order valence-electron chi connectivity index (χ0n) is 9.25. The number of carbonyl (C=O) groups excluding carboxylic acids is 1. The minimum absolute atomic E-state index is 0.131. The molecule has 0 radical (unpaired) electrons. The van der Waals surface area contributed by atoms with Crippen molar-refractivity contribution >= 4 is 44.4 Å². The molecule has 0 N–H and O–H groups in total. The quantitative estimate of drug-likeness (QED) is 0.551. The van der Waals surface area contributed by atoms with Crippen molar-refractivity contribution in [2.24, 2.45) is 0 Å². The summed E-state index contributed by atoms with van der Waals surface area (Å²) in [5.41, 5.74) is 0.803. The summed E-state index contributed by atoms with van der Waals surface area (Å²) in [5, 5.41) is 0.822. The molecule has 2 nitrogen and oxygen atoms in total. The molecule has 0 spiro atoms. The summed E-state index contributed by atoms with van der Waals surface area (Å²) in [7, 11) is 0. The van der Waals surface area contributed by atoms with Crippen LogP contribution in [0.1, 0.15) is 23.7 Å². The molecule has 1 aromatic carbocycles. The number of benzene rings is 1. The van der Waals surface area contributed by atoms with E-state index in [9.17, 15) is 4.79 Å². The second-order valence-corrected chi connectivity index (χ2v) is 5.42. The van der Waals surface area contributed by atoms with Gasteiger partial charge in [-0.05, 0) is 41.1 Å². The summed E-state index contributed by atoms with van der Waals surface area (Å²) >= 11 is 5.59. The van der Waals surface area contributed by atoms with E-state index in [1.54, 1.807) is 0 Å². The standard InChI is InChI=1S/C12H15BrINO/c1-2-8-15(9-7-13)12(16)10-5-3-4-6-11(10)14/h3-6H,2,7-9H2,1H3. The third-order valence-corrected chi connectivity index (χ3v) is 3.53. The maximum atomic E-state index is 12.2. The number of alkyl halides is 1. The Kier molecular flexibility index (Phi) is 6.34. The van der Waals surface area contributed by atoms with Gasteiger partial charge in [0.05, 0.1) is 5.56 Å². The van der Waals surface area contributed by atoms with E-state index in [1.165, 1.54) is 0 Å². The molecular weight excluding hydrogens is 381 g/mol. The van der Waals surface area contributed by atoms with Crippen LogP contribution in [-0.4, -0.2) is 29.2 Å². The molecule has 1 rings (SSSR count). The monoisotopic (exact) mass is 395 g/mol. The van der Waals surface area contributed by atoms with Gasteiger partial charge in [-0.25, -0.2) is 0 Å². The number of hydrogen-bond acceptors (Lipinski definition) is 1.